The standard InChI is InChI=1S/C26H33N7O/c27-23-22-25(31-26(30-23)28-14-13-20-10-3-1-4-11-20)33(24(29-22)21-12-9-19-34-21)18-8-7-17-32-15-5-2-6-16-32/h1,3-4,9-12,19H,2,5-8,13-18H2,(H3,27,28,30,31). The van der Waals surface area contributed by atoms with Crippen molar-refractivity contribution in [2.24, 2.45) is 0 Å². The number of imidazole rings is 1. The van der Waals surface area contributed by atoms with Gasteiger partial charge in [0.25, 0.3) is 0 Å². The Morgan fingerprint density at radius 2 is 1.74 bits per heavy atom. The lowest BCUT2D eigenvalue weighted by Crippen LogP contribution is -2.30. The first-order valence-electron chi connectivity index (χ1n) is 12.4. The molecular weight excluding hydrogens is 426 g/mol. The largest absolute Gasteiger partial charge is 0.461 e. The van der Waals surface area contributed by atoms with E-state index in [0.29, 0.717) is 23.0 Å². The van der Waals surface area contributed by atoms with E-state index >= 15 is 0 Å². The first-order valence-corrected chi connectivity index (χ1v) is 12.4. The molecule has 3 aromatic heterocycles. The smallest absolute Gasteiger partial charge is 0.226 e. The van der Waals surface area contributed by atoms with Gasteiger partial charge in [-0.3, -0.25) is 0 Å². The van der Waals surface area contributed by atoms with Crippen molar-refractivity contribution in [3.05, 3.63) is 54.3 Å². The molecule has 4 aromatic rings. The van der Waals surface area contributed by atoms with Gasteiger partial charge in [0.15, 0.2) is 28.6 Å². The van der Waals surface area contributed by atoms with Gasteiger partial charge in [-0.25, -0.2) is 4.98 Å². The molecule has 34 heavy (non-hydrogen) atoms. The molecule has 0 saturated carbocycles. The van der Waals surface area contributed by atoms with Gasteiger partial charge in [0.1, 0.15) is 0 Å². The van der Waals surface area contributed by atoms with Crippen LogP contribution in [0.2, 0.25) is 0 Å². The van der Waals surface area contributed by atoms with Gasteiger partial charge >= 0.3 is 0 Å². The first kappa shape index (κ1) is 22.4. The van der Waals surface area contributed by atoms with Gasteiger partial charge in [0, 0.05) is 13.1 Å². The minimum absolute atomic E-state index is 0.382. The predicted molar refractivity (Wildman–Crippen MR) is 136 cm³/mol. The summed E-state index contributed by atoms with van der Waals surface area (Å²) in [6.07, 6.45) is 8.75. The van der Waals surface area contributed by atoms with E-state index in [2.05, 4.69) is 44.0 Å². The number of nitrogens with one attached hydrogen (secondary N) is 1. The van der Waals surface area contributed by atoms with Crippen LogP contribution in [0, 0.1) is 0 Å². The first-order chi connectivity index (χ1) is 16.8. The van der Waals surface area contributed by atoms with Crippen molar-refractivity contribution in [1.29, 1.82) is 0 Å². The number of anilines is 2. The van der Waals surface area contributed by atoms with Gasteiger partial charge in [0.05, 0.1) is 6.26 Å². The minimum Gasteiger partial charge on any atom is -0.461 e. The van der Waals surface area contributed by atoms with E-state index in [4.69, 9.17) is 20.1 Å². The molecule has 4 heterocycles. The van der Waals surface area contributed by atoms with Gasteiger partial charge in [-0.1, -0.05) is 36.8 Å². The molecule has 0 aliphatic carbocycles. The maximum atomic E-state index is 6.32. The maximum absolute atomic E-state index is 6.32. The summed E-state index contributed by atoms with van der Waals surface area (Å²) in [4.78, 5) is 16.6. The monoisotopic (exact) mass is 459 g/mol. The third-order valence-corrected chi connectivity index (χ3v) is 6.46. The zero-order valence-electron chi connectivity index (χ0n) is 19.6. The number of nitrogens with zero attached hydrogens (tertiary/aromatic N) is 5. The quantitative estimate of drug-likeness (QED) is 0.335. The summed E-state index contributed by atoms with van der Waals surface area (Å²) < 4.78 is 7.81. The van der Waals surface area contributed by atoms with E-state index in [0.717, 1.165) is 50.4 Å². The topological polar surface area (TPSA) is 98.0 Å². The van der Waals surface area contributed by atoms with Gasteiger partial charge in [-0.05, 0) is 69.4 Å². The van der Waals surface area contributed by atoms with Crippen molar-refractivity contribution in [1.82, 2.24) is 24.4 Å². The van der Waals surface area contributed by atoms with E-state index in [1.54, 1.807) is 6.26 Å². The number of aryl methyl sites for hydroxylation is 1. The molecule has 3 N–H and O–H groups in total. The number of hydrogen-bond donors (Lipinski definition) is 2. The van der Waals surface area contributed by atoms with Crippen LogP contribution in [0.25, 0.3) is 22.7 Å². The Morgan fingerprint density at radius 1 is 0.912 bits per heavy atom. The lowest BCUT2D eigenvalue weighted by molar-refractivity contribution is 0.223. The number of furan rings is 1. The van der Waals surface area contributed by atoms with Crippen LogP contribution in [0.4, 0.5) is 11.8 Å². The number of rotatable bonds is 10. The normalized spacial score (nSPS) is 14.6. The molecule has 0 radical (unpaired) electrons. The second-order valence-electron chi connectivity index (χ2n) is 8.94. The Kier molecular flexibility index (Phi) is 7.05. The van der Waals surface area contributed by atoms with E-state index < -0.39 is 0 Å². The van der Waals surface area contributed by atoms with E-state index in [-0.39, 0.29) is 0 Å². The highest BCUT2D eigenvalue weighted by Crippen LogP contribution is 2.28. The van der Waals surface area contributed by atoms with Crippen molar-refractivity contribution < 1.29 is 4.42 Å². The number of nitrogen functional groups attached to an aromatic ring is 1. The van der Waals surface area contributed by atoms with Crippen LogP contribution < -0.4 is 11.1 Å². The van der Waals surface area contributed by atoms with Crippen molar-refractivity contribution >= 4 is 22.9 Å². The Balaban J connectivity index is 1.33. The fraction of sp³-hybridized carbons (Fsp3) is 0.423. The zero-order chi connectivity index (χ0) is 23.2. The Labute approximate surface area is 200 Å². The molecule has 178 valence electrons. The van der Waals surface area contributed by atoms with Crippen LogP contribution in [0.3, 0.4) is 0 Å². The molecule has 1 saturated heterocycles. The highest BCUT2D eigenvalue weighted by Gasteiger charge is 2.19. The average Bonchev–Trinajstić information content (AvgIpc) is 3.52. The SMILES string of the molecule is Nc1nc(NCCc2ccccc2)nc2c1nc(-c1ccco1)n2CCCCN1CCCCC1. The van der Waals surface area contributed by atoms with Crippen LogP contribution in [0.1, 0.15) is 37.7 Å². The van der Waals surface area contributed by atoms with Gasteiger partial charge < -0.3 is 24.9 Å². The van der Waals surface area contributed by atoms with Crippen LogP contribution in [-0.2, 0) is 13.0 Å². The second-order valence-corrected chi connectivity index (χ2v) is 8.94. The molecule has 0 unspecified atom stereocenters. The summed E-state index contributed by atoms with van der Waals surface area (Å²) in [5.41, 5.74) is 8.96. The molecular formula is C26H33N7O. The second kappa shape index (κ2) is 10.7. The number of likely N-dealkylation sites (tertiary alicyclic amines) is 1. The fourth-order valence-electron chi connectivity index (χ4n) is 4.66. The van der Waals surface area contributed by atoms with Crippen molar-refractivity contribution in [3.63, 3.8) is 0 Å². The predicted octanol–water partition coefficient (Wildman–Crippen LogP) is 4.59. The molecule has 0 spiro atoms. The van der Waals surface area contributed by atoms with E-state index in [9.17, 15) is 0 Å². The Hall–Kier alpha value is -3.39. The molecule has 8 nitrogen and oxygen atoms in total. The zero-order valence-corrected chi connectivity index (χ0v) is 19.6. The third-order valence-electron chi connectivity index (χ3n) is 6.46. The fourth-order valence-corrected chi connectivity index (χ4v) is 4.66. The highest BCUT2D eigenvalue weighted by molar-refractivity contribution is 5.86. The summed E-state index contributed by atoms with van der Waals surface area (Å²) in [7, 11) is 0. The molecule has 1 aliphatic heterocycles. The van der Waals surface area contributed by atoms with Gasteiger partial charge in [-0.2, -0.15) is 9.97 Å². The lowest BCUT2D eigenvalue weighted by atomic mass is 10.1. The third kappa shape index (κ3) is 5.22. The molecule has 1 aromatic carbocycles. The molecule has 0 amide bonds. The summed E-state index contributed by atoms with van der Waals surface area (Å²) in [5, 5.41) is 3.33. The van der Waals surface area contributed by atoms with Crippen molar-refractivity contribution in [2.45, 2.75) is 45.1 Å². The van der Waals surface area contributed by atoms with Gasteiger partial charge in [0.2, 0.25) is 5.95 Å². The molecule has 0 bridgehead atoms. The van der Waals surface area contributed by atoms with Crippen molar-refractivity contribution in [2.75, 3.05) is 37.2 Å². The average molecular weight is 460 g/mol. The van der Waals surface area contributed by atoms with E-state index in [1.807, 2.05) is 18.2 Å². The number of benzene rings is 1. The molecule has 0 atom stereocenters. The number of fused-ring (bicyclic) bond motifs is 1. The lowest BCUT2D eigenvalue weighted by Gasteiger charge is -2.26. The van der Waals surface area contributed by atoms with Crippen molar-refractivity contribution in [3.8, 4) is 11.6 Å². The number of nitrogens with two attached hydrogens (primary N) is 1. The Bertz CT molecular complexity index is 1180. The highest BCUT2D eigenvalue weighted by atomic mass is 16.3. The summed E-state index contributed by atoms with van der Waals surface area (Å²) in [6.45, 7) is 5.14. The van der Waals surface area contributed by atoms with Gasteiger partial charge in [-0.15, -0.1) is 0 Å². The summed E-state index contributed by atoms with van der Waals surface area (Å²) >= 11 is 0. The maximum Gasteiger partial charge on any atom is 0.226 e. The van der Waals surface area contributed by atoms with E-state index in [1.165, 1.54) is 37.9 Å². The molecule has 1 aliphatic rings. The molecule has 1 fully saturated rings. The number of unbranched alkanes of at least 4 members (excludes halogenated alkanes) is 1. The molecule has 8 heteroatoms. The minimum atomic E-state index is 0.382. The summed E-state index contributed by atoms with van der Waals surface area (Å²) in [6, 6.07) is 14.2. The number of piperidine rings is 1. The van der Waals surface area contributed by atoms with Crippen LogP contribution in [0.5, 0.6) is 0 Å². The van der Waals surface area contributed by atoms with Crippen LogP contribution in [-0.4, -0.2) is 50.6 Å². The van der Waals surface area contributed by atoms with Crippen LogP contribution >= 0.6 is 0 Å². The molecule has 5 rings (SSSR count). The number of hydrogen-bond acceptors (Lipinski definition) is 7. The summed E-state index contributed by atoms with van der Waals surface area (Å²) in [5.74, 6) is 2.38. The Morgan fingerprint density at radius 3 is 2.53 bits per heavy atom. The van der Waals surface area contributed by atoms with Crippen LogP contribution in [0.15, 0.2) is 53.1 Å². The number of aromatic nitrogens is 4.